The molecule has 1 aromatic carbocycles. The Morgan fingerprint density at radius 1 is 1.56 bits per heavy atom. The monoisotopic (exact) mass is 223 g/mol. The molecule has 1 aliphatic rings. The zero-order valence-electron chi connectivity index (χ0n) is 8.66. The van der Waals surface area contributed by atoms with E-state index in [-0.39, 0.29) is 17.1 Å². The predicted octanol–water partition coefficient (Wildman–Crippen LogP) is 1.86. The van der Waals surface area contributed by atoms with E-state index in [1.54, 1.807) is 0 Å². The summed E-state index contributed by atoms with van der Waals surface area (Å²) in [5.41, 5.74) is -0.530. The van der Waals surface area contributed by atoms with Crippen LogP contribution in [0.1, 0.15) is 18.4 Å². The number of hydrogen-bond acceptors (Lipinski definition) is 4. The summed E-state index contributed by atoms with van der Waals surface area (Å²) in [6, 6.07) is 2.75. The molecule has 0 unspecified atom stereocenters. The van der Waals surface area contributed by atoms with Crippen molar-refractivity contribution >= 4 is 6.08 Å². The summed E-state index contributed by atoms with van der Waals surface area (Å²) in [4.78, 5) is 13.9. The van der Waals surface area contributed by atoms with E-state index in [9.17, 15) is 14.3 Å². The molecule has 0 heterocycles. The number of aromatic hydroxyl groups is 1. The Labute approximate surface area is 91.4 Å². The van der Waals surface area contributed by atoms with E-state index in [0.717, 1.165) is 0 Å². The Hall–Kier alpha value is -1.87. The van der Waals surface area contributed by atoms with E-state index in [0.29, 0.717) is 12.8 Å². The maximum atomic E-state index is 13.9. The van der Waals surface area contributed by atoms with Crippen molar-refractivity contribution in [3.63, 3.8) is 0 Å². The standard InChI is InChI=1S/C11H10FNO3/c1-16-10-8(15)3-2-7(9(10)12)11(4-5-11)13-6-14/h2-3,15H,4-5H2,1H3. The number of phenols is 1. The Kier molecular flexibility index (Phi) is 2.40. The summed E-state index contributed by atoms with van der Waals surface area (Å²) < 4.78 is 18.7. The van der Waals surface area contributed by atoms with Gasteiger partial charge in [-0.1, -0.05) is 0 Å². The molecule has 5 heteroatoms. The van der Waals surface area contributed by atoms with Gasteiger partial charge in [0.1, 0.15) is 5.54 Å². The number of isocyanates is 1. The van der Waals surface area contributed by atoms with Gasteiger partial charge >= 0.3 is 0 Å². The lowest BCUT2D eigenvalue weighted by Gasteiger charge is -2.12. The van der Waals surface area contributed by atoms with Gasteiger partial charge in [-0.25, -0.2) is 9.18 Å². The van der Waals surface area contributed by atoms with Gasteiger partial charge in [0.15, 0.2) is 17.3 Å². The zero-order valence-corrected chi connectivity index (χ0v) is 8.66. The molecular formula is C11H10FNO3. The summed E-state index contributed by atoms with van der Waals surface area (Å²) in [7, 11) is 1.27. The molecule has 0 spiro atoms. The number of aliphatic imine (C=N–C) groups is 1. The van der Waals surface area contributed by atoms with E-state index in [1.807, 2.05) is 0 Å². The lowest BCUT2D eigenvalue weighted by atomic mass is 10.0. The summed E-state index contributed by atoms with van der Waals surface area (Å²) in [6.45, 7) is 0. The highest BCUT2D eigenvalue weighted by atomic mass is 19.1. The largest absolute Gasteiger partial charge is 0.504 e. The van der Waals surface area contributed by atoms with E-state index in [1.165, 1.54) is 25.3 Å². The lowest BCUT2D eigenvalue weighted by Crippen LogP contribution is -2.06. The van der Waals surface area contributed by atoms with Crippen LogP contribution >= 0.6 is 0 Å². The maximum absolute atomic E-state index is 13.9. The van der Waals surface area contributed by atoms with Crippen molar-refractivity contribution < 1.29 is 19.0 Å². The molecule has 1 saturated carbocycles. The van der Waals surface area contributed by atoms with Crippen LogP contribution in [0.15, 0.2) is 17.1 Å². The minimum atomic E-state index is -0.799. The Balaban J connectivity index is 2.55. The third-order valence-corrected chi connectivity index (χ3v) is 2.77. The molecule has 16 heavy (non-hydrogen) atoms. The molecule has 0 bridgehead atoms. The average molecular weight is 223 g/mol. The van der Waals surface area contributed by atoms with Crippen LogP contribution in [-0.4, -0.2) is 18.3 Å². The summed E-state index contributed by atoms with van der Waals surface area (Å²) in [5, 5.41) is 9.36. The first-order valence-corrected chi connectivity index (χ1v) is 4.79. The first-order valence-electron chi connectivity index (χ1n) is 4.79. The SMILES string of the molecule is COc1c(O)ccc(C2(N=C=O)CC2)c1F. The van der Waals surface area contributed by atoms with E-state index >= 15 is 0 Å². The fourth-order valence-corrected chi connectivity index (χ4v) is 1.75. The number of benzene rings is 1. The average Bonchev–Trinajstić information content (AvgIpc) is 3.00. The number of phenolic OH excluding ortho intramolecular Hbond substituents is 1. The number of methoxy groups -OCH3 is 1. The Morgan fingerprint density at radius 3 is 2.75 bits per heavy atom. The fraction of sp³-hybridized carbons (Fsp3) is 0.364. The molecule has 0 amide bonds. The second-order valence-corrected chi connectivity index (χ2v) is 3.71. The van der Waals surface area contributed by atoms with Gasteiger partial charge in [-0.05, 0) is 25.0 Å². The minimum absolute atomic E-state index is 0.218. The number of nitrogens with zero attached hydrogens (tertiary/aromatic N) is 1. The van der Waals surface area contributed by atoms with Gasteiger partial charge in [0.05, 0.1) is 7.11 Å². The predicted molar refractivity (Wildman–Crippen MR) is 53.7 cm³/mol. The van der Waals surface area contributed by atoms with Gasteiger partial charge in [0.2, 0.25) is 6.08 Å². The quantitative estimate of drug-likeness (QED) is 0.628. The molecular weight excluding hydrogens is 213 g/mol. The normalized spacial score (nSPS) is 16.4. The van der Waals surface area contributed by atoms with Crippen molar-refractivity contribution in [3.8, 4) is 11.5 Å². The van der Waals surface area contributed by atoms with E-state index in [4.69, 9.17) is 4.74 Å². The van der Waals surface area contributed by atoms with Crippen molar-refractivity contribution in [2.45, 2.75) is 18.4 Å². The van der Waals surface area contributed by atoms with Gasteiger partial charge in [-0.2, -0.15) is 4.99 Å². The topological polar surface area (TPSA) is 58.9 Å². The third-order valence-electron chi connectivity index (χ3n) is 2.77. The molecule has 1 N–H and O–H groups in total. The molecule has 84 valence electrons. The molecule has 4 nitrogen and oxygen atoms in total. The van der Waals surface area contributed by atoms with E-state index < -0.39 is 11.4 Å². The van der Waals surface area contributed by atoms with Crippen LogP contribution in [0.4, 0.5) is 4.39 Å². The Morgan fingerprint density at radius 2 is 2.25 bits per heavy atom. The van der Waals surface area contributed by atoms with Crippen LogP contribution in [0, 0.1) is 5.82 Å². The van der Waals surface area contributed by atoms with Crippen molar-refractivity contribution in [3.05, 3.63) is 23.5 Å². The second-order valence-electron chi connectivity index (χ2n) is 3.71. The number of carbonyl (C=O) groups excluding carboxylic acids is 1. The summed E-state index contributed by atoms with van der Waals surface area (Å²) in [5.74, 6) is -1.15. The molecule has 0 aliphatic heterocycles. The van der Waals surface area contributed by atoms with Gasteiger partial charge < -0.3 is 9.84 Å². The van der Waals surface area contributed by atoms with Gasteiger partial charge in [0.25, 0.3) is 0 Å². The summed E-state index contributed by atoms with van der Waals surface area (Å²) >= 11 is 0. The molecule has 1 aromatic rings. The number of halogens is 1. The first-order chi connectivity index (χ1) is 7.64. The highest BCUT2D eigenvalue weighted by Crippen LogP contribution is 2.52. The molecule has 0 saturated heterocycles. The van der Waals surface area contributed by atoms with Crippen LogP contribution in [0.3, 0.4) is 0 Å². The molecule has 1 fully saturated rings. The van der Waals surface area contributed by atoms with Crippen molar-refractivity contribution in [2.24, 2.45) is 4.99 Å². The number of rotatable bonds is 3. The molecule has 2 rings (SSSR count). The van der Waals surface area contributed by atoms with Gasteiger partial charge in [0, 0.05) is 5.56 Å². The minimum Gasteiger partial charge on any atom is -0.504 e. The van der Waals surface area contributed by atoms with Crippen LogP contribution in [-0.2, 0) is 10.3 Å². The molecule has 0 radical (unpaired) electrons. The number of ether oxygens (including phenoxy) is 1. The summed E-state index contributed by atoms with van der Waals surface area (Å²) in [6.07, 6.45) is 2.66. The molecule has 0 aromatic heterocycles. The zero-order chi connectivity index (χ0) is 11.8. The Bertz CT molecular complexity index is 476. The number of hydrogen-bond donors (Lipinski definition) is 1. The van der Waals surface area contributed by atoms with Crippen LogP contribution in [0.25, 0.3) is 0 Å². The van der Waals surface area contributed by atoms with Crippen molar-refractivity contribution in [2.75, 3.05) is 7.11 Å². The maximum Gasteiger partial charge on any atom is 0.235 e. The lowest BCUT2D eigenvalue weighted by molar-refractivity contribution is 0.347. The highest BCUT2D eigenvalue weighted by molar-refractivity contribution is 5.49. The fourth-order valence-electron chi connectivity index (χ4n) is 1.75. The van der Waals surface area contributed by atoms with Crippen LogP contribution in [0.5, 0.6) is 11.5 Å². The third kappa shape index (κ3) is 1.46. The van der Waals surface area contributed by atoms with Gasteiger partial charge in [-0.3, -0.25) is 0 Å². The second kappa shape index (κ2) is 3.61. The van der Waals surface area contributed by atoms with Crippen LogP contribution in [0.2, 0.25) is 0 Å². The van der Waals surface area contributed by atoms with Crippen molar-refractivity contribution in [1.82, 2.24) is 0 Å². The van der Waals surface area contributed by atoms with Crippen molar-refractivity contribution in [1.29, 1.82) is 0 Å². The first kappa shape index (κ1) is 10.6. The highest BCUT2D eigenvalue weighted by Gasteiger charge is 2.47. The van der Waals surface area contributed by atoms with Crippen LogP contribution < -0.4 is 4.74 Å². The van der Waals surface area contributed by atoms with Gasteiger partial charge in [-0.15, -0.1) is 0 Å². The van der Waals surface area contributed by atoms with E-state index in [2.05, 4.69) is 4.99 Å². The molecule has 1 aliphatic carbocycles. The molecule has 0 atom stereocenters. The smallest absolute Gasteiger partial charge is 0.235 e.